The SMILES string of the molecule is CN(C)S(=O)(=O)N1CC2CCC(C1)N(C(=O)c1cc(C3CC3)[nH]n1)C2. The predicted octanol–water partition coefficient (Wildman–Crippen LogP) is 0.630. The molecule has 0 spiro atoms. The standard InChI is InChI=1S/C16H25N5O3S/c1-19(2)25(23,24)20-8-11-3-6-13(10-20)21(9-11)16(22)15-7-14(17-18-15)12-4-5-12/h7,11-13H,3-6,8-10H2,1-2H3,(H,17,18). The molecule has 0 radical (unpaired) electrons. The molecular weight excluding hydrogens is 342 g/mol. The maximum absolute atomic E-state index is 13.0. The molecule has 1 aliphatic carbocycles. The molecule has 2 atom stereocenters. The van der Waals surface area contributed by atoms with Crippen molar-refractivity contribution >= 4 is 16.1 Å². The minimum absolute atomic E-state index is 0.0814. The smallest absolute Gasteiger partial charge is 0.281 e. The van der Waals surface area contributed by atoms with E-state index in [0.717, 1.165) is 31.4 Å². The summed E-state index contributed by atoms with van der Waals surface area (Å²) in [6, 6.07) is 1.79. The van der Waals surface area contributed by atoms with Gasteiger partial charge in [0.2, 0.25) is 0 Å². The highest BCUT2D eigenvalue weighted by molar-refractivity contribution is 7.86. The molecule has 1 amide bonds. The number of hydrogen-bond acceptors (Lipinski definition) is 4. The van der Waals surface area contributed by atoms with Crippen LogP contribution in [0.2, 0.25) is 0 Å². The summed E-state index contributed by atoms with van der Waals surface area (Å²) < 4.78 is 27.8. The first-order chi connectivity index (χ1) is 11.9. The van der Waals surface area contributed by atoms with Crippen molar-refractivity contribution in [3.05, 3.63) is 17.5 Å². The van der Waals surface area contributed by atoms with Crippen LogP contribution < -0.4 is 0 Å². The van der Waals surface area contributed by atoms with Gasteiger partial charge in [0.05, 0.1) is 0 Å². The molecule has 1 saturated carbocycles. The van der Waals surface area contributed by atoms with Crippen LogP contribution in [0.25, 0.3) is 0 Å². The third kappa shape index (κ3) is 3.09. The number of piperidine rings is 1. The first-order valence-corrected chi connectivity index (χ1v) is 10.3. The number of aromatic amines is 1. The molecule has 4 aliphatic rings. The van der Waals surface area contributed by atoms with E-state index in [4.69, 9.17) is 0 Å². The molecule has 25 heavy (non-hydrogen) atoms. The highest BCUT2D eigenvalue weighted by Crippen LogP contribution is 2.39. The maximum Gasteiger partial charge on any atom is 0.281 e. The number of H-pyrrole nitrogens is 1. The van der Waals surface area contributed by atoms with Gasteiger partial charge in [0, 0.05) is 51.4 Å². The molecule has 0 aromatic carbocycles. The van der Waals surface area contributed by atoms with Crippen LogP contribution in [0, 0.1) is 5.92 Å². The minimum Gasteiger partial charge on any atom is -0.333 e. The summed E-state index contributed by atoms with van der Waals surface area (Å²) in [6.45, 7) is 1.45. The average Bonchev–Trinajstić information content (AvgIpc) is 3.37. The van der Waals surface area contributed by atoms with Crippen molar-refractivity contribution < 1.29 is 13.2 Å². The number of nitrogens with zero attached hydrogens (tertiary/aromatic N) is 4. The molecule has 4 heterocycles. The summed E-state index contributed by atoms with van der Waals surface area (Å²) in [5, 5.41) is 7.19. The maximum atomic E-state index is 13.0. The molecule has 9 heteroatoms. The average molecular weight is 367 g/mol. The van der Waals surface area contributed by atoms with Crippen molar-refractivity contribution in [2.24, 2.45) is 5.92 Å². The van der Waals surface area contributed by atoms with Crippen molar-refractivity contribution in [2.75, 3.05) is 33.7 Å². The fourth-order valence-corrected chi connectivity index (χ4v) is 5.13. The summed E-state index contributed by atoms with van der Waals surface area (Å²) in [6.07, 6.45) is 4.11. The van der Waals surface area contributed by atoms with Gasteiger partial charge < -0.3 is 4.90 Å². The molecule has 3 saturated heterocycles. The number of amides is 1. The zero-order chi connectivity index (χ0) is 17.8. The fraction of sp³-hybridized carbons (Fsp3) is 0.750. The number of hydrogen-bond donors (Lipinski definition) is 1. The Morgan fingerprint density at radius 2 is 1.96 bits per heavy atom. The Bertz CT molecular complexity index is 770. The van der Waals surface area contributed by atoms with Crippen molar-refractivity contribution in [3.8, 4) is 0 Å². The summed E-state index contributed by atoms with van der Waals surface area (Å²) in [4.78, 5) is 14.8. The van der Waals surface area contributed by atoms with Gasteiger partial charge in [-0.25, -0.2) is 0 Å². The number of carbonyl (C=O) groups excluding carboxylic acids is 1. The van der Waals surface area contributed by atoms with Gasteiger partial charge in [-0.1, -0.05) is 0 Å². The lowest BCUT2D eigenvalue weighted by Gasteiger charge is -2.35. The Balaban J connectivity index is 1.54. The van der Waals surface area contributed by atoms with Gasteiger partial charge >= 0.3 is 0 Å². The van der Waals surface area contributed by atoms with Crippen LogP contribution in [0.3, 0.4) is 0 Å². The quantitative estimate of drug-likeness (QED) is 0.845. The highest BCUT2D eigenvalue weighted by Gasteiger charge is 2.42. The molecule has 4 fully saturated rings. The third-order valence-corrected chi connectivity index (χ3v) is 7.44. The second kappa shape index (κ2) is 6.07. The number of aromatic nitrogens is 2. The minimum atomic E-state index is -3.45. The highest BCUT2D eigenvalue weighted by atomic mass is 32.2. The first kappa shape index (κ1) is 17.0. The Kier molecular flexibility index (Phi) is 4.12. The predicted molar refractivity (Wildman–Crippen MR) is 92.3 cm³/mol. The molecule has 1 aromatic rings. The van der Waals surface area contributed by atoms with Gasteiger partial charge in [-0.3, -0.25) is 9.89 Å². The van der Waals surface area contributed by atoms with E-state index in [1.807, 2.05) is 11.0 Å². The molecular formula is C16H25N5O3S. The largest absolute Gasteiger partial charge is 0.333 e. The van der Waals surface area contributed by atoms with Crippen LogP contribution in [-0.4, -0.2) is 77.8 Å². The van der Waals surface area contributed by atoms with Gasteiger partial charge in [0.15, 0.2) is 0 Å². The summed E-state index contributed by atoms with van der Waals surface area (Å²) in [5.74, 6) is 0.622. The van der Waals surface area contributed by atoms with Crippen molar-refractivity contribution in [1.29, 1.82) is 0 Å². The van der Waals surface area contributed by atoms with Crippen molar-refractivity contribution in [3.63, 3.8) is 0 Å². The monoisotopic (exact) mass is 367 g/mol. The zero-order valence-electron chi connectivity index (χ0n) is 14.7. The summed E-state index contributed by atoms with van der Waals surface area (Å²) >= 11 is 0. The van der Waals surface area contributed by atoms with Crippen LogP contribution in [0.5, 0.6) is 0 Å². The lowest BCUT2D eigenvalue weighted by atomic mass is 9.94. The molecule has 3 aliphatic heterocycles. The zero-order valence-corrected chi connectivity index (χ0v) is 15.5. The Hall–Kier alpha value is -1.45. The van der Waals surface area contributed by atoms with E-state index in [2.05, 4.69) is 10.2 Å². The fourth-order valence-electron chi connectivity index (χ4n) is 3.90. The Morgan fingerprint density at radius 3 is 2.64 bits per heavy atom. The van der Waals surface area contributed by atoms with Crippen LogP contribution in [0.4, 0.5) is 0 Å². The first-order valence-electron chi connectivity index (χ1n) is 8.90. The molecule has 2 bridgehead atoms. The molecule has 5 rings (SSSR count). The molecule has 1 N–H and O–H groups in total. The van der Waals surface area contributed by atoms with E-state index >= 15 is 0 Å². The van der Waals surface area contributed by atoms with Gasteiger partial charge in [0.1, 0.15) is 5.69 Å². The number of nitrogens with one attached hydrogen (secondary N) is 1. The van der Waals surface area contributed by atoms with Crippen molar-refractivity contribution in [2.45, 2.75) is 37.6 Å². The van der Waals surface area contributed by atoms with E-state index in [9.17, 15) is 13.2 Å². The van der Waals surface area contributed by atoms with Crippen molar-refractivity contribution in [1.82, 2.24) is 23.7 Å². The number of rotatable bonds is 4. The van der Waals surface area contributed by atoms with Gasteiger partial charge in [0.25, 0.3) is 16.1 Å². The van der Waals surface area contributed by atoms with E-state index in [1.54, 1.807) is 14.1 Å². The van der Waals surface area contributed by atoms with E-state index in [1.165, 1.54) is 8.61 Å². The molecule has 2 unspecified atom stereocenters. The van der Waals surface area contributed by atoms with E-state index in [0.29, 0.717) is 31.2 Å². The topological polar surface area (TPSA) is 89.6 Å². The Morgan fingerprint density at radius 1 is 1.20 bits per heavy atom. The van der Waals surface area contributed by atoms with E-state index < -0.39 is 10.2 Å². The third-order valence-electron chi connectivity index (χ3n) is 5.56. The number of fused-ring (bicyclic) bond motifs is 4. The van der Waals surface area contributed by atoms with Crippen LogP contribution in [0.1, 0.15) is 47.8 Å². The Labute approximate surface area is 148 Å². The van der Waals surface area contributed by atoms with Crippen LogP contribution in [0.15, 0.2) is 6.07 Å². The summed E-state index contributed by atoms with van der Waals surface area (Å²) in [5.41, 5.74) is 1.50. The van der Waals surface area contributed by atoms with Gasteiger partial charge in [-0.2, -0.15) is 22.1 Å². The molecule has 8 nitrogen and oxygen atoms in total. The van der Waals surface area contributed by atoms with E-state index in [-0.39, 0.29) is 17.9 Å². The second-order valence-corrected chi connectivity index (χ2v) is 9.79. The second-order valence-electron chi connectivity index (χ2n) is 7.64. The number of carbonyl (C=O) groups is 1. The molecule has 1 aromatic heterocycles. The van der Waals surface area contributed by atoms with Gasteiger partial charge in [-0.05, 0) is 37.7 Å². The lowest BCUT2D eigenvalue weighted by Crippen LogP contribution is -2.48. The van der Waals surface area contributed by atoms with Crippen LogP contribution in [-0.2, 0) is 10.2 Å². The molecule has 138 valence electrons. The van der Waals surface area contributed by atoms with Gasteiger partial charge in [-0.15, -0.1) is 0 Å². The normalized spacial score (nSPS) is 27.7. The summed E-state index contributed by atoms with van der Waals surface area (Å²) in [7, 11) is -0.355. The lowest BCUT2D eigenvalue weighted by molar-refractivity contribution is 0.0582. The van der Waals surface area contributed by atoms with Crippen LogP contribution >= 0.6 is 0 Å².